The first-order chi connectivity index (χ1) is 25.3. The third kappa shape index (κ3) is 5.86. The molecule has 0 N–H and O–H groups in total. The first-order valence-electron chi connectivity index (χ1n) is 17.5. The van der Waals surface area contributed by atoms with Crippen LogP contribution < -0.4 is 4.90 Å². The molecule has 0 aliphatic carbocycles. The van der Waals surface area contributed by atoms with Crippen molar-refractivity contribution in [3.05, 3.63) is 212 Å². The number of fused-ring (bicyclic) bond motifs is 3. The number of rotatable bonds is 7. The maximum absolute atomic E-state index is 2.40. The van der Waals surface area contributed by atoms with E-state index in [-0.39, 0.29) is 0 Å². The van der Waals surface area contributed by atoms with Crippen LogP contribution in [0.4, 0.5) is 17.1 Å². The van der Waals surface area contributed by atoms with Gasteiger partial charge >= 0.3 is 0 Å². The normalized spacial score (nSPS) is 11.1. The van der Waals surface area contributed by atoms with Gasteiger partial charge in [-0.2, -0.15) is 0 Å². The van der Waals surface area contributed by atoms with Crippen molar-refractivity contribution in [2.45, 2.75) is 0 Å². The van der Waals surface area contributed by atoms with Crippen LogP contribution in [-0.2, 0) is 0 Å². The summed E-state index contributed by atoms with van der Waals surface area (Å²) in [5.74, 6) is 0. The molecule has 0 amide bonds. The van der Waals surface area contributed by atoms with Crippen LogP contribution in [0.5, 0.6) is 0 Å². The molecule has 0 unspecified atom stereocenters. The average molecular weight is 650 g/mol. The van der Waals surface area contributed by atoms with E-state index < -0.39 is 0 Å². The van der Waals surface area contributed by atoms with Crippen molar-refractivity contribution in [2.24, 2.45) is 0 Å². The predicted molar refractivity (Wildman–Crippen MR) is 218 cm³/mol. The summed E-state index contributed by atoms with van der Waals surface area (Å²) in [6, 6.07) is 76.6. The van der Waals surface area contributed by atoms with Crippen molar-refractivity contribution >= 4 is 38.6 Å². The summed E-state index contributed by atoms with van der Waals surface area (Å²) >= 11 is 0. The van der Waals surface area contributed by atoms with E-state index in [2.05, 4.69) is 217 Å². The predicted octanol–water partition coefficient (Wildman–Crippen LogP) is 14.1. The second-order valence-electron chi connectivity index (χ2n) is 13.0. The van der Waals surface area contributed by atoms with Gasteiger partial charge in [0.1, 0.15) is 0 Å². The van der Waals surface area contributed by atoms with Crippen LogP contribution in [0.1, 0.15) is 0 Å². The van der Waals surface area contributed by atoms with Gasteiger partial charge in [-0.1, -0.05) is 176 Å². The number of nitrogens with zero attached hydrogens (tertiary/aromatic N) is 1. The van der Waals surface area contributed by atoms with Crippen molar-refractivity contribution in [2.75, 3.05) is 4.90 Å². The summed E-state index contributed by atoms with van der Waals surface area (Å²) in [5, 5.41) is 4.96. The van der Waals surface area contributed by atoms with Gasteiger partial charge in [-0.15, -0.1) is 0 Å². The zero-order chi connectivity index (χ0) is 34.0. The molecule has 0 radical (unpaired) electrons. The van der Waals surface area contributed by atoms with Gasteiger partial charge in [0.25, 0.3) is 0 Å². The number of hydrogen-bond donors (Lipinski definition) is 0. The van der Waals surface area contributed by atoms with Crippen LogP contribution in [-0.4, -0.2) is 0 Å². The van der Waals surface area contributed by atoms with Crippen LogP contribution >= 0.6 is 0 Å². The Morgan fingerprint density at radius 1 is 0.255 bits per heavy atom. The van der Waals surface area contributed by atoms with Gasteiger partial charge in [-0.3, -0.25) is 0 Å². The van der Waals surface area contributed by atoms with Crippen molar-refractivity contribution in [3.8, 4) is 44.5 Å². The lowest BCUT2D eigenvalue weighted by Crippen LogP contribution is -2.10. The summed E-state index contributed by atoms with van der Waals surface area (Å²) in [5.41, 5.74) is 13.0. The van der Waals surface area contributed by atoms with E-state index in [1.807, 2.05) is 0 Å². The number of hydrogen-bond acceptors (Lipinski definition) is 1. The van der Waals surface area contributed by atoms with E-state index in [9.17, 15) is 0 Å². The standard InChI is InChI=1S/C50H35N/c1-4-14-36(15-5-1)37-24-29-43(30-25-37)51(50-35-42-20-10-11-21-45(42)47-22-12-13-23-48(47)50)44-31-26-38(27-32-44)41-28-33-46(39-16-6-2-7-17-39)49(34-41)40-18-8-3-9-19-40/h1-35H. The second-order valence-corrected chi connectivity index (χ2v) is 13.0. The maximum Gasteiger partial charge on any atom is 0.0546 e. The summed E-state index contributed by atoms with van der Waals surface area (Å²) in [6.45, 7) is 0. The second kappa shape index (κ2) is 13.3. The quantitative estimate of drug-likeness (QED) is 0.155. The number of benzene rings is 9. The highest BCUT2D eigenvalue weighted by molar-refractivity contribution is 6.14. The Balaban J connectivity index is 1.17. The molecule has 0 saturated carbocycles. The fraction of sp³-hybridized carbons (Fsp3) is 0. The van der Waals surface area contributed by atoms with Crippen LogP contribution in [0.3, 0.4) is 0 Å². The molecule has 0 spiro atoms. The fourth-order valence-corrected chi connectivity index (χ4v) is 7.33. The van der Waals surface area contributed by atoms with Gasteiger partial charge in [0.05, 0.1) is 5.69 Å². The van der Waals surface area contributed by atoms with E-state index in [1.165, 1.54) is 66.1 Å². The van der Waals surface area contributed by atoms with Crippen molar-refractivity contribution in [1.29, 1.82) is 0 Å². The Kier molecular flexibility index (Phi) is 7.92. The molecule has 9 rings (SSSR count). The molecule has 0 saturated heterocycles. The Labute approximate surface area is 299 Å². The molecule has 9 aromatic rings. The molecule has 0 heterocycles. The van der Waals surface area contributed by atoms with E-state index in [0.29, 0.717) is 0 Å². The van der Waals surface area contributed by atoms with E-state index >= 15 is 0 Å². The zero-order valence-corrected chi connectivity index (χ0v) is 28.2. The Hall–Kier alpha value is -6.70. The minimum atomic E-state index is 1.11. The molecule has 0 fully saturated rings. The highest BCUT2D eigenvalue weighted by Gasteiger charge is 2.18. The largest absolute Gasteiger partial charge is 0.310 e. The molecular weight excluding hydrogens is 615 g/mol. The molecular formula is C50H35N. The first-order valence-corrected chi connectivity index (χ1v) is 17.5. The third-order valence-corrected chi connectivity index (χ3v) is 9.87. The Bertz CT molecular complexity index is 2590. The topological polar surface area (TPSA) is 3.24 Å². The third-order valence-electron chi connectivity index (χ3n) is 9.87. The maximum atomic E-state index is 2.40. The smallest absolute Gasteiger partial charge is 0.0546 e. The van der Waals surface area contributed by atoms with Crippen molar-refractivity contribution < 1.29 is 0 Å². The summed E-state index contributed by atoms with van der Waals surface area (Å²) in [4.78, 5) is 2.40. The molecule has 240 valence electrons. The van der Waals surface area contributed by atoms with Gasteiger partial charge in [0.15, 0.2) is 0 Å². The van der Waals surface area contributed by atoms with Crippen LogP contribution in [0.15, 0.2) is 212 Å². The Morgan fingerprint density at radius 2 is 0.686 bits per heavy atom. The van der Waals surface area contributed by atoms with Crippen LogP contribution in [0.2, 0.25) is 0 Å². The average Bonchev–Trinajstić information content (AvgIpc) is 3.22. The van der Waals surface area contributed by atoms with Gasteiger partial charge < -0.3 is 4.90 Å². The molecule has 0 bridgehead atoms. The van der Waals surface area contributed by atoms with Crippen LogP contribution in [0.25, 0.3) is 66.1 Å². The first kappa shape index (κ1) is 30.4. The summed E-state index contributed by atoms with van der Waals surface area (Å²) < 4.78 is 0. The highest BCUT2D eigenvalue weighted by atomic mass is 15.1. The van der Waals surface area contributed by atoms with E-state index in [0.717, 1.165) is 17.1 Å². The lowest BCUT2D eigenvalue weighted by atomic mass is 9.91. The molecule has 0 atom stereocenters. The van der Waals surface area contributed by atoms with E-state index in [4.69, 9.17) is 0 Å². The molecule has 0 aliphatic heterocycles. The fourth-order valence-electron chi connectivity index (χ4n) is 7.33. The molecule has 0 aromatic heterocycles. The Morgan fingerprint density at radius 3 is 1.29 bits per heavy atom. The van der Waals surface area contributed by atoms with Gasteiger partial charge in [-0.25, -0.2) is 0 Å². The summed E-state index contributed by atoms with van der Waals surface area (Å²) in [7, 11) is 0. The molecule has 9 aromatic carbocycles. The minimum Gasteiger partial charge on any atom is -0.310 e. The zero-order valence-electron chi connectivity index (χ0n) is 28.2. The van der Waals surface area contributed by atoms with Crippen molar-refractivity contribution in [3.63, 3.8) is 0 Å². The van der Waals surface area contributed by atoms with Crippen LogP contribution in [0, 0.1) is 0 Å². The van der Waals surface area contributed by atoms with E-state index in [1.54, 1.807) is 0 Å². The van der Waals surface area contributed by atoms with Gasteiger partial charge in [-0.05, 0) is 97.1 Å². The lowest BCUT2D eigenvalue weighted by Gasteiger charge is -2.28. The minimum absolute atomic E-state index is 1.11. The summed E-state index contributed by atoms with van der Waals surface area (Å²) in [6.07, 6.45) is 0. The number of anilines is 3. The monoisotopic (exact) mass is 649 g/mol. The SMILES string of the molecule is c1ccc(-c2ccc(N(c3ccc(-c4ccc(-c5ccccc5)c(-c5ccccc5)c4)cc3)c3cc4ccccc4c4ccccc34)cc2)cc1. The lowest BCUT2D eigenvalue weighted by molar-refractivity contribution is 1.30. The van der Waals surface area contributed by atoms with Crippen molar-refractivity contribution in [1.82, 2.24) is 0 Å². The molecule has 0 aliphatic rings. The molecule has 1 nitrogen and oxygen atoms in total. The molecule has 51 heavy (non-hydrogen) atoms. The molecule has 1 heteroatoms. The highest BCUT2D eigenvalue weighted by Crippen LogP contribution is 2.43. The van der Waals surface area contributed by atoms with Gasteiger partial charge in [0, 0.05) is 16.8 Å². The van der Waals surface area contributed by atoms with Gasteiger partial charge in [0.2, 0.25) is 0 Å².